The van der Waals surface area contributed by atoms with Gasteiger partial charge in [-0.3, -0.25) is 4.57 Å². The highest BCUT2D eigenvalue weighted by atomic mass is 28.4. The van der Waals surface area contributed by atoms with Gasteiger partial charge in [-0.15, -0.1) is 6.42 Å². The summed E-state index contributed by atoms with van der Waals surface area (Å²) >= 11 is 0. The van der Waals surface area contributed by atoms with Gasteiger partial charge in [-0.25, -0.2) is 4.98 Å². The van der Waals surface area contributed by atoms with E-state index in [1.54, 1.807) is 0 Å². The van der Waals surface area contributed by atoms with Crippen LogP contribution in [0.15, 0.2) is 6.33 Å². The molecule has 0 aromatic carbocycles. The zero-order chi connectivity index (χ0) is 20.9. The van der Waals surface area contributed by atoms with Crippen molar-refractivity contribution in [3.8, 4) is 12.3 Å². The Morgan fingerprint density at radius 3 is 2.79 bits per heavy atom. The molecular weight excluding hydrogens is 381 g/mol. The fourth-order valence-corrected chi connectivity index (χ4v) is 3.86. The van der Waals surface area contributed by atoms with Crippen molar-refractivity contribution in [3.05, 3.63) is 12.4 Å². The van der Waals surface area contributed by atoms with Crippen molar-refractivity contribution in [1.29, 1.82) is 0 Å². The maximum absolute atomic E-state index is 13.6. The van der Waals surface area contributed by atoms with Crippen LogP contribution in [0.3, 0.4) is 0 Å². The second-order valence-electron chi connectivity index (χ2n) is 8.61. The van der Waals surface area contributed by atoms with E-state index in [2.05, 4.69) is 54.7 Å². The Morgan fingerprint density at radius 2 is 2.18 bits per heavy atom. The topological polar surface area (TPSA) is 108 Å². The van der Waals surface area contributed by atoms with E-state index in [4.69, 9.17) is 21.3 Å². The van der Waals surface area contributed by atoms with Crippen LogP contribution in [0.5, 0.6) is 0 Å². The summed E-state index contributed by atoms with van der Waals surface area (Å²) in [6, 6.07) is 0. The number of ether oxygens (including phenoxy) is 1. The third-order valence-electron chi connectivity index (χ3n) is 5.74. The predicted molar refractivity (Wildman–Crippen MR) is 105 cm³/mol. The Morgan fingerprint density at radius 1 is 1.50 bits per heavy atom. The van der Waals surface area contributed by atoms with Crippen LogP contribution in [0.2, 0.25) is 18.1 Å². The third kappa shape index (κ3) is 3.39. The number of rotatable bonds is 4. The summed E-state index contributed by atoms with van der Waals surface area (Å²) in [6.07, 6.45) is 4.74. The van der Waals surface area contributed by atoms with E-state index >= 15 is 0 Å². The second-order valence-corrected chi connectivity index (χ2v) is 13.4. The highest BCUT2D eigenvalue weighted by Crippen LogP contribution is 2.41. The van der Waals surface area contributed by atoms with Crippen molar-refractivity contribution in [2.75, 3.05) is 12.3 Å². The minimum absolute atomic E-state index is 0.0156. The molecule has 0 spiro atoms. The van der Waals surface area contributed by atoms with Gasteiger partial charge in [0, 0.05) is 6.42 Å². The van der Waals surface area contributed by atoms with E-state index in [-0.39, 0.29) is 35.0 Å². The number of nitrogens with zero attached hydrogens (tertiary/aromatic N) is 4. The van der Waals surface area contributed by atoms with Crippen LogP contribution >= 0.6 is 0 Å². The first-order valence-corrected chi connectivity index (χ1v) is 11.9. The standard InChI is InChI=1S/C18H26FN5O3Si/c1-7-18(9-26-28(5,6)17(2,3)4)11(25)8-12(27-18)24-10-21-13-14(20)22-16(19)23-15(13)24/h1,10-12,25H,8-9H2,2-6H3,(H2,20,22,23)/t11-,12+,18+/m0/s1. The number of anilines is 1. The summed E-state index contributed by atoms with van der Waals surface area (Å²) in [5.74, 6) is 2.51. The molecule has 10 heteroatoms. The first kappa shape index (κ1) is 20.7. The number of hydrogen-bond donors (Lipinski definition) is 2. The summed E-state index contributed by atoms with van der Waals surface area (Å²) < 4.78 is 27.4. The lowest BCUT2D eigenvalue weighted by Gasteiger charge is -2.39. The highest BCUT2D eigenvalue weighted by molar-refractivity contribution is 6.74. The second kappa shape index (κ2) is 6.77. The molecule has 1 saturated heterocycles. The summed E-state index contributed by atoms with van der Waals surface area (Å²) in [4.78, 5) is 11.4. The molecule has 3 heterocycles. The number of aliphatic hydroxyl groups excluding tert-OH is 1. The smallest absolute Gasteiger partial charge is 0.312 e. The molecule has 0 unspecified atom stereocenters. The molecule has 0 radical (unpaired) electrons. The van der Waals surface area contributed by atoms with Gasteiger partial charge in [0.25, 0.3) is 0 Å². The zero-order valence-corrected chi connectivity index (χ0v) is 17.7. The number of nitrogen functional groups attached to an aromatic ring is 1. The summed E-state index contributed by atoms with van der Waals surface area (Å²) in [6.45, 7) is 10.6. The predicted octanol–water partition coefficient (Wildman–Crippen LogP) is 2.22. The van der Waals surface area contributed by atoms with Crippen LogP contribution in [0.4, 0.5) is 10.2 Å². The van der Waals surface area contributed by atoms with Crippen molar-refractivity contribution in [2.24, 2.45) is 0 Å². The molecule has 28 heavy (non-hydrogen) atoms. The SMILES string of the molecule is C#C[C@]1(CO[Si](C)(C)C(C)(C)C)O[C@@H](n2cnc3c(N)nc(F)nc32)C[C@@H]1O. The lowest BCUT2D eigenvalue weighted by Crippen LogP contribution is -2.49. The van der Waals surface area contributed by atoms with Crippen molar-refractivity contribution in [1.82, 2.24) is 19.5 Å². The molecule has 1 aliphatic heterocycles. The number of imidazole rings is 1. The van der Waals surface area contributed by atoms with Crippen molar-refractivity contribution >= 4 is 25.3 Å². The monoisotopic (exact) mass is 407 g/mol. The molecule has 2 aromatic rings. The van der Waals surface area contributed by atoms with Crippen molar-refractivity contribution in [2.45, 2.75) is 63.3 Å². The minimum Gasteiger partial charge on any atom is -0.413 e. The van der Waals surface area contributed by atoms with Crippen LogP contribution < -0.4 is 5.73 Å². The van der Waals surface area contributed by atoms with Crippen molar-refractivity contribution in [3.63, 3.8) is 0 Å². The number of hydrogen-bond acceptors (Lipinski definition) is 7. The quantitative estimate of drug-likeness (QED) is 0.454. The van der Waals surface area contributed by atoms with Gasteiger partial charge in [-0.2, -0.15) is 14.4 Å². The third-order valence-corrected chi connectivity index (χ3v) is 10.2. The molecule has 0 saturated carbocycles. The van der Waals surface area contributed by atoms with Gasteiger partial charge < -0.3 is 20.0 Å². The fourth-order valence-electron chi connectivity index (χ4n) is 2.85. The first-order chi connectivity index (χ1) is 12.9. The number of terminal acetylenes is 1. The Bertz CT molecular complexity index is 936. The lowest BCUT2D eigenvalue weighted by molar-refractivity contribution is -0.0863. The van der Waals surface area contributed by atoms with E-state index < -0.39 is 32.3 Å². The Labute approximate surface area is 164 Å². The Kier molecular flexibility index (Phi) is 5.00. The molecule has 0 aliphatic carbocycles. The molecule has 0 amide bonds. The van der Waals surface area contributed by atoms with Gasteiger partial charge in [0.1, 0.15) is 12.3 Å². The fraction of sp³-hybridized carbons (Fsp3) is 0.611. The van der Waals surface area contributed by atoms with Crippen LogP contribution in [-0.4, -0.2) is 51.3 Å². The van der Waals surface area contributed by atoms with Crippen LogP contribution in [0, 0.1) is 18.4 Å². The number of halogens is 1. The van der Waals surface area contributed by atoms with E-state index in [1.165, 1.54) is 10.9 Å². The zero-order valence-electron chi connectivity index (χ0n) is 16.7. The molecule has 2 aromatic heterocycles. The molecule has 0 bridgehead atoms. The van der Waals surface area contributed by atoms with Gasteiger partial charge in [-0.1, -0.05) is 26.7 Å². The Hall–Kier alpha value is -2.06. The molecule has 1 aliphatic rings. The average molecular weight is 408 g/mol. The van der Waals surface area contributed by atoms with Crippen LogP contribution in [0.25, 0.3) is 11.2 Å². The number of aliphatic hydroxyl groups is 1. The van der Waals surface area contributed by atoms with Crippen LogP contribution in [-0.2, 0) is 9.16 Å². The number of nitrogens with two attached hydrogens (primary N) is 1. The van der Waals surface area contributed by atoms with E-state index in [9.17, 15) is 9.50 Å². The molecule has 3 N–H and O–H groups in total. The average Bonchev–Trinajstić information content (AvgIpc) is 3.14. The van der Waals surface area contributed by atoms with Gasteiger partial charge in [0.2, 0.25) is 0 Å². The molecule has 1 fully saturated rings. The largest absolute Gasteiger partial charge is 0.413 e. The molecular formula is C18H26FN5O3Si. The lowest BCUT2D eigenvalue weighted by atomic mass is 9.99. The van der Waals surface area contributed by atoms with E-state index in [1.807, 2.05) is 0 Å². The van der Waals surface area contributed by atoms with E-state index in [0.717, 1.165) is 0 Å². The molecule has 3 rings (SSSR count). The molecule has 8 nitrogen and oxygen atoms in total. The summed E-state index contributed by atoms with van der Waals surface area (Å²) in [5.41, 5.74) is 4.84. The maximum Gasteiger partial charge on any atom is 0.312 e. The van der Waals surface area contributed by atoms with Crippen LogP contribution in [0.1, 0.15) is 33.4 Å². The minimum atomic E-state index is -2.10. The van der Waals surface area contributed by atoms with Gasteiger partial charge in [0.15, 0.2) is 30.9 Å². The highest BCUT2D eigenvalue weighted by Gasteiger charge is 2.50. The van der Waals surface area contributed by atoms with Gasteiger partial charge >= 0.3 is 6.08 Å². The summed E-state index contributed by atoms with van der Waals surface area (Å²) in [5, 5.41) is 10.7. The summed E-state index contributed by atoms with van der Waals surface area (Å²) in [7, 11) is -2.10. The normalized spacial score (nSPS) is 25.9. The first-order valence-electron chi connectivity index (χ1n) is 9.03. The maximum atomic E-state index is 13.6. The van der Waals surface area contributed by atoms with Gasteiger partial charge in [0.05, 0.1) is 12.9 Å². The number of aromatic nitrogens is 4. The van der Waals surface area contributed by atoms with Gasteiger partial charge in [-0.05, 0) is 18.1 Å². The molecule has 3 atom stereocenters. The molecule has 152 valence electrons. The van der Waals surface area contributed by atoms with Crippen molar-refractivity contribution < 1.29 is 18.7 Å². The van der Waals surface area contributed by atoms with E-state index in [0.29, 0.717) is 0 Å². The number of fused-ring (bicyclic) bond motifs is 1. The Balaban J connectivity index is 1.88.